The number of anilines is 1. The van der Waals surface area contributed by atoms with Crippen molar-refractivity contribution in [3.63, 3.8) is 0 Å². The second-order valence-electron chi connectivity index (χ2n) is 3.21. The minimum absolute atomic E-state index is 0.357. The molecule has 0 radical (unpaired) electrons. The molecule has 0 fully saturated rings. The van der Waals surface area contributed by atoms with E-state index in [1.54, 1.807) is 17.6 Å². The van der Waals surface area contributed by atoms with E-state index < -0.39 is 0 Å². The second-order valence-corrected chi connectivity index (χ2v) is 4.18. The third-order valence-corrected chi connectivity index (χ3v) is 2.74. The predicted octanol–water partition coefficient (Wildman–Crippen LogP) is 2.90. The highest BCUT2D eigenvalue weighted by molar-refractivity contribution is 7.11. The lowest BCUT2D eigenvalue weighted by molar-refractivity contribution is 0.252. The van der Waals surface area contributed by atoms with Crippen LogP contribution in [0.25, 0.3) is 0 Å². The summed E-state index contributed by atoms with van der Waals surface area (Å²) in [6.07, 6.45) is 1.61. The Morgan fingerprint density at radius 3 is 2.71 bits per heavy atom. The maximum atomic E-state index is 11.4. The van der Waals surface area contributed by atoms with Crippen molar-refractivity contribution in [1.82, 2.24) is 5.43 Å². The minimum Gasteiger partial charge on any atom is -0.307 e. The fraction of sp³-hybridized carbons (Fsp3) is 0. The van der Waals surface area contributed by atoms with Crippen LogP contribution in [0.3, 0.4) is 0 Å². The number of hydrazone groups is 1. The SMILES string of the molecule is O=C(N/N=C/c1cccs1)Nc1ccccc1. The summed E-state index contributed by atoms with van der Waals surface area (Å²) in [5.41, 5.74) is 3.13. The first-order chi connectivity index (χ1) is 8.34. The number of benzene rings is 1. The number of hydrogen-bond donors (Lipinski definition) is 2. The van der Waals surface area contributed by atoms with Gasteiger partial charge in [-0.15, -0.1) is 11.3 Å². The predicted molar refractivity (Wildman–Crippen MR) is 70.5 cm³/mol. The molecule has 0 spiro atoms. The molecule has 0 aliphatic rings. The number of rotatable bonds is 3. The number of thiophene rings is 1. The molecule has 0 saturated carbocycles. The van der Waals surface area contributed by atoms with Gasteiger partial charge in [0.1, 0.15) is 0 Å². The van der Waals surface area contributed by atoms with Crippen molar-refractivity contribution in [3.8, 4) is 0 Å². The highest BCUT2D eigenvalue weighted by Crippen LogP contribution is 2.05. The summed E-state index contributed by atoms with van der Waals surface area (Å²) >= 11 is 1.56. The first kappa shape index (κ1) is 11.3. The molecule has 5 heteroatoms. The van der Waals surface area contributed by atoms with Crippen LogP contribution in [0, 0.1) is 0 Å². The number of nitrogens with zero attached hydrogens (tertiary/aromatic N) is 1. The van der Waals surface area contributed by atoms with Crippen molar-refractivity contribution in [3.05, 3.63) is 52.7 Å². The van der Waals surface area contributed by atoms with Gasteiger partial charge >= 0.3 is 6.03 Å². The number of carbonyl (C=O) groups is 1. The molecule has 4 nitrogen and oxygen atoms in total. The summed E-state index contributed by atoms with van der Waals surface area (Å²) in [5, 5.41) is 8.44. The van der Waals surface area contributed by atoms with Crippen molar-refractivity contribution >= 4 is 29.3 Å². The lowest BCUT2D eigenvalue weighted by atomic mass is 10.3. The molecule has 1 heterocycles. The van der Waals surface area contributed by atoms with Crippen molar-refractivity contribution in [2.45, 2.75) is 0 Å². The Hall–Kier alpha value is -2.14. The molecule has 0 atom stereocenters. The van der Waals surface area contributed by atoms with Crippen molar-refractivity contribution in [1.29, 1.82) is 0 Å². The van der Waals surface area contributed by atoms with Crippen molar-refractivity contribution in [2.75, 3.05) is 5.32 Å². The van der Waals surface area contributed by atoms with Crippen molar-refractivity contribution < 1.29 is 4.79 Å². The van der Waals surface area contributed by atoms with Gasteiger partial charge in [0.2, 0.25) is 0 Å². The normalized spacial score (nSPS) is 10.4. The van der Waals surface area contributed by atoms with E-state index in [4.69, 9.17) is 0 Å². The van der Waals surface area contributed by atoms with Crippen molar-refractivity contribution in [2.24, 2.45) is 5.10 Å². The van der Waals surface area contributed by atoms with Gasteiger partial charge in [-0.2, -0.15) is 5.10 Å². The van der Waals surface area contributed by atoms with Gasteiger partial charge in [0, 0.05) is 10.6 Å². The lowest BCUT2D eigenvalue weighted by Crippen LogP contribution is -2.24. The van der Waals surface area contributed by atoms with Crippen LogP contribution < -0.4 is 10.7 Å². The first-order valence-corrected chi connectivity index (χ1v) is 5.91. The lowest BCUT2D eigenvalue weighted by Gasteiger charge is -2.02. The van der Waals surface area contributed by atoms with E-state index in [2.05, 4.69) is 15.8 Å². The third-order valence-electron chi connectivity index (χ3n) is 1.93. The summed E-state index contributed by atoms with van der Waals surface area (Å²) in [5.74, 6) is 0. The van der Waals surface area contributed by atoms with Gasteiger partial charge in [0.25, 0.3) is 0 Å². The topological polar surface area (TPSA) is 53.5 Å². The van der Waals surface area contributed by atoms with Gasteiger partial charge in [-0.1, -0.05) is 24.3 Å². The molecule has 0 bridgehead atoms. The molecule has 0 aliphatic heterocycles. The van der Waals surface area contributed by atoms with Crippen LogP contribution in [-0.2, 0) is 0 Å². The fourth-order valence-corrected chi connectivity index (χ4v) is 1.78. The van der Waals surface area contributed by atoms with E-state index in [1.807, 2.05) is 47.8 Å². The Labute approximate surface area is 103 Å². The first-order valence-electron chi connectivity index (χ1n) is 5.03. The van der Waals surface area contributed by atoms with Crippen LogP contribution in [0.2, 0.25) is 0 Å². The Balaban J connectivity index is 1.82. The highest BCUT2D eigenvalue weighted by atomic mass is 32.1. The standard InChI is InChI=1S/C12H11N3OS/c16-12(14-10-5-2-1-3-6-10)15-13-9-11-7-4-8-17-11/h1-9H,(H2,14,15,16)/b13-9+. The van der Waals surface area contributed by atoms with Gasteiger partial charge < -0.3 is 5.32 Å². The number of amides is 2. The molecular formula is C12H11N3OS. The quantitative estimate of drug-likeness (QED) is 0.634. The average Bonchev–Trinajstić information content (AvgIpc) is 2.83. The molecule has 17 heavy (non-hydrogen) atoms. The molecule has 2 amide bonds. The number of carbonyl (C=O) groups excluding carboxylic acids is 1. The number of urea groups is 1. The molecule has 0 unspecified atom stereocenters. The molecule has 2 aromatic rings. The molecule has 1 aromatic heterocycles. The second kappa shape index (κ2) is 5.81. The summed E-state index contributed by atoms with van der Waals surface area (Å²) in [4.78, 5) is 12.4. The van der Waals surface area contributed by atoms with Gasteiger partial charge in [-0.25, -0.2) is 10.2 Å². The third kappa shape index (κ3) is 3.73. The average molecular weight is 245 g/mol. The highest BCUT2D eigenvalue weighted by Gasteiger charge is 1.97. The number of hydrogen-bond acceptors (Lipinski definition) is 3. The Morgan fingerprint density at radius 1 is 1.18 bits per heavy atom. The molecule has 0 saturated heterocycles. The summed E-state index contributed by atoms with van der Waals surface area (Å²) in [6, 6.07) is 12.7. The summed E-state index contributed by atoms with van der Waals surface area (Å²) in [7, 11) is 0. The Bertz CT molecular complexity index is 494. The Kier molecular flexibility index (Phi) is 3.88. The summed E-state index contributed by atoms with van der Waals surface area (Å²) < 4.78 is 0. The van der Waals surface area contributed by atoms with E-state index in [1.165, 1.54) is 0 Å². The zero-order valence-electron chi connectivity index (χ0n) is 8.96. The molecule has 2 rings (SSSR count). The molecule has 86 valence electrons. The number of para-hydroxylation sites is 1. The van der Waals surface area contributed by atoms with Crippen LogP contribution >= 0.6 is 11.3 Å². The zero-order chi connectivity index (χ0) is 11.9. The molecule has 2 N–H and O–H groups in total. The van der Waals surface area contributed by atoms with E-state index in [-0.39, 0.29) is 6.03 Å². The molecular weight excluding hydrogens is 234 g/mol. The van der Waals surface area contributed by atoms with Crippen LogP contribution in [0.15, 0.2) is 52.9 Å². The molecule has 1 aromatic carbocycles. The van der Waals surface area contributed by atoms with Gasteiger partial charge in [0.15, 0.2) is 0 Å². The molecule has 0 aliphatic carbocycles. The fourth-order valence-electron chi connectivity index (χ4n) is 1.20. The number of nitrogens with one attached hydrogen (secondary N) is 2. The van der Waals surface area contributed by atoms with E-state index in [0.29, 0.717) is 0 Å². The summed E-state index contributed by atoms with van der Waals surface area (Å²) in [6.45, 7) is 0. The van der Waals surface area contributed by atoms with E-state index >= 15 is 0 Å². The van der Waals surface area contributed by atoms with Gasteiger partial charge in [-0.05, 0) is 23.6 Å². The Morgan fingerprint density at radius 2 is 2.00 bits per heavy atom. The van der Waals surface area contributed by atoms with E-state index in [9.17, 15) is 4.79 Å². The van der Waals surface area contributed by atoms with Crippen LogP contribution in [0.4, 0.5) is 10.5 Å². The van der Waals surface area contributed by atoms with Crippen LogP contribution in [0.1, 0.15) is 4.88 Å². The maximum Gasteiger partial charge on any atom is 0.339 e. The maximum absolute atomic E-state index is 11.4. The zero-order valence-corrected chi connectivity index (χ0v) is 9.78. The van der Waals surface area contributed by atoms with Crippen LogP contribution in [0.5, 0.6) is 0 Å². The minimum atomic E-state index is -0.357. The largest absolute Gasteiger partial charge is 0.339 e. The van der Waals surface area contributed by atoms with Gasteiger partial charge in [0.05, 0.1) is 6.21 Å². The monoisotopic (exact) mass is 245 g/mol. The van der Waals surface area contributed by atoms with Gasteiger partial charge in [-0.3, -0.25) is 0 Å². The smallest absolute Gasteiger partial charge is 0.307 e. The van der Waals surface area contributed by atoms with E-state index in [0.717, 1.165) is 10.6 Å². The van der Waals surface area contributed by atoms with Crippen LogP contribution in [-0.4, -0.2) is 12.2 Å².